The summed E-state index contributed by atoms with van der Waals surface area (Å²) in [5.74, 6) is 9.19. The van der Waals surface area contributed by atoms with Crippen molar-refractivity contribution in [3.63, 3.8) is 0 Å². The van der Waals surface area contributed by atoms with E-state index in [-0.39, 0.29) is 0 Å². The molecule has 0 amide bonds. The van der Waals surface area contributed by atoms with Gasteiger partial charge in [-0.05, 0) is 73.1 Å². The molecule has 3 rings (SSSR count). The molecule has 0 bridgehead atoms. The van der Waals surface area contributed by atoms with Gasteiger partial charge in [0, 0.05) is 11.1 Å². The molecule has 0 atom stereocenters. The SMILES string of the molecule is CCCCCC1CCC(COc2ccc(C#Cc3ccc(CCC)cc3)cc2)CC1. The highest BCUT2D eigenvalue weighted by Gasteiger charge is 2.21. The van der Waals surface area contributed by atoms with Gasteiger partial charge >= 0.3 is 0 Å². The summed E-state index contributed by atoms with van der Waals surface area (Å²) in [5.41, 5.74) is 3.49. The summed E-state index contributed by atoms with van der Waals surface area (Å²) in [6, 6.07) is 16.9. The minimum absolute atomic E-state index is 0.725. The molecule has 0 N–H and O–H groups in total. The van der Waals surface area contributed by atoms with Crippen molar-refractivity contribution in [2.24, 2.45) is 11.8 Å². The molecule has 0 unspecified atom stereocenters. The van der Waals surface area contributed by atoms with Crippen LogP contribution in [-0.2, 0) is 6.42 Å². The summed E-state index contributed by atoms with van der Waals surface area (Å²) in [4.78, 5) is 0. The molecule has 160 valence electrons. The van der Waals surface area contributed by atoms with Crippen LogP contribution in [0.5, 0.6) is 5.75 Å². The molecule has 0 radical (unpaired) electrons. The molecule has 0 heterocycles. The van der Waals surface area contributed by atoms with Crippen molar-refractivity contribution in [2.45, 2.75) is 78.1 Å². The van der Waals surface area contributed by atoms with Crippen molar-refractivity contribution >= 4 is 0 Å². The first-order chi connectivity index (χ1) is 14.8. The lowest BCUT2D eigenvalue weighted by molar-refractivity contribution is 0.177. The Labute approximate surface area is 184 Å². The highest BCUT2D eigenvalue weighted by molar-refractivity contribution is 5.44. The molecule has 2 aromatic carbocycles. The van der Waals surface area contributed by atoms with Crippen LogP contribution in [0.2, 0.25) is 0 Å². The zero-order valence-corrected chi connectivity index (χ0v) is 19.0. The fourth-order valence-corrected chi connectivity index (χ4v) is 4.41. The molecule has 1 heteroatoms. The van der Waals surface area contributed by atoms with Gasteiger partial charge in [-0.2, -0.15) is 0 Å². The van der Waals surface area contributed by atoms with E-state index >= 15 is 0 Å². The molecule has 30 heavy (non-hydrogen) atoms. The van der Waals surface area contributed by atoms with Gasteiger partial charge in [-0.1, -0.05) is 82.8 Å². The number of benzene rings is 2. The minimum Gasteiger partial charge on any atom is -0.493 e. The molecule has 1 nitrogen and oxygen atoms in total. The van der Waals surface area contributed by atoms with Crippen LogP contribution in [0.1, 0.15) is 88.3 Å². The van der Waals surface area contributed by atoms with Gasteiger partial charge in [-0.15, -0.1) is 0 Å². The lowest BCUT2D eigenvalue weighted by atomic mass is 9.80. The summed E-state index contributed by atoms with van der Waals surface area (Å²) >= 11 is 0. The van der Waals surface area contributed by atoms with E-state index in [9.17, 15) is 0 Å². The molecule has 0 aliphatic heterocycles. The van der Waals surface area contributed by atoms with Gasteiger partial charge in [0.05, 0.1) is 6.61 Å². The van der Waals surface area contributed by atoms with Crippen molar-refractivity contribution in [1.29, 1.82) is 0 Å². The summed E-state index contributed by atoms with van der Waals surface area (Å²) in [6.45, 7) is 5.36. The highest BCUT2D eigenvalue weighted by atomic mass is 16.5. The number of aryl methyl sites for hydroxylation is 1. The summed E-state index contributed by atoms with van der Waals surface area (Å²) in [7, 11) is 0. The Balaban J connectivity index is 1.41. The Morgan fingerprint density at radius 3 is 1.93 bits per heavy atom. The Hall–Kier alpha value is -2.20. The van der Waals surface area contributed by atoms with Gasteiger partial charge in [-0.3, -0.25) is 0 Å². The van der Waals surface area contributed by atoms with Crippen LogP contribution in [0, 0.1) is 23.7 Å². The van der Waals surface area contributed by atoms with Gasteiger partial charge in [0.1, 0.15) is 5.75 Å². The molecule has 1 fully saturated rings. The van der Waals surface area contributed by atoms with Crippen molar-refractivity contribution < 1.29 is 4.74 Å². The molecular weight excluding hydrogens is 364 g/mol. The van der Waals surface area contributed by atoms with Crippen molar-refractivity contribution in [3.05, 3.63) is 65.2 Å². The Morgan fingerprint density at radius 2 is 1.33 bits per heavy atom. The molecular formula is C29H38O. The fourth-order valence-electron chi connectivity index (χ4n) is 4.41. The average Bonchev–Trinajstić information content (AvgIpc) is 2.79. The first kappa shape index (κ1) is 22.5. The molecule has 2 aromatic rings. The predicted molar refractivity (Wildman–Crippen MR) is 128 cm³/mol. The van der Waals surface area contributed by atoms with E-state index in [0.717, 1.165) is 41.7 Å². The molecule has 0 saturated heterocycles. The van der Waals surface area contributed by atoms with E-state index in [1.54, 1.807) is 0 Å². The maximum atomic E-state index is 6.08. The van der Waals surface area contributed by atoms with Crippen LogP contribution in [-0.4, -0.2) is 6.61 Å². The molecule has 0 spiro atoms. The van der Waals surface area contributed by atoms with E-state index in [1.165, 1.54) is 63.4 Å². The average molecular weight is 403 g/mol. The molecule has 0 aromatic heterocycles. The normalized spacial score (nSPS) is 18.5. The Kier molecular flexibility index (Phi) is 9.36. The molecule has 1 aliphatic rings. The lowest BCUT2D eigenvalue weighted by Crippen LogP contribution is -2.20. The zero-order valence-electron chi connectivity index (χ0n) is 19.0. The second-order valence-electron chi connectivity index (χ2n) is 8.91. The summed E-state index contributed by atoms with van der Waals surface area (Å²) in [5, 5.41) is 0. The van der Waals surface area contributed by atoms with Gasteiger partial charge in [0.2, 0.25) is 0 Å². The number of hydrogen-bond donors (Lipinski definition) is 0. The summed E-state index contributed by atoms with van der Waals surface area (Å²) < 4.78 is 6.08. The van der Waals surface area contributed by atoms with E-state index in [4.69, 9.17) is 4.74 Å². The van der Waals surface area contributed by atoms with Gasteiger partial charge in [0.25, 0.3) is 0 Å². The van der Waals surface area contributed by atoms with Crippen LogP contribution in [0.15, 0.2) is 48.5 Å². The van der Waals surface area contributed by atoms with Crippen LogP contribution in [0.25, 0.3) is 0 Å². The predicted octanol–water partition coefficient (Wildman–Crippen LogP) is 7.80. The minimum atomic E-state index is 0.725. The Bertz CT molecular complexity index is 783. The van der Waals surface area contributed by atoms with E-state index in [0.29, 0.717) is 0 Å². The van der Waals surface area contributed by atoms with Gasteiger partial charge < -0.3 is 4.74 Å². The topological polar surface area (TPSA) is 9.23 Å². The van der Waals surface area contributed by atoms with Crippen molar-refractivity contribution in [2.75, 3.05) is 6.61 Å². The van der Waals surface area contributed by atoms with Crippen LogP contribution < -0.4 is 4.74 Å². The van der Waals surface area contributed by atoms with Crippen LogP contribution in [0.3, 0.4) is 0 Å². The number of rotatable bonds is 9. The molecule has 1 saturated carbocycles. The number of unbranched alkanes of at least 4 members (excludes halogenated alkanes) is 2. The van der Waals surface area contributed by atoms with E-state index < -0.39 is 0 Å². The van der Waals surface area contributed by atoms with Crippen molar-refractivity contribution in [3.8, 4) is 17.6 Å². The number of ether oxygens (including phenoxy) is 1. The van der Waals surface area contributed by atoms with E-state index in [1.807, 2.05) is 0 Å². The maximum absolute atomic E-state index is 6.08. The third kappa shape index (κ3) is 7.56. The monoisotopic (exact) mass is 402 g/mol. The highest BCUT2D eigenvalue weighted by Crippen LogP contribution is 2.32. The second-order valence-corrected chi connectivity index (χ2v) is 8.91. The third-order valence-corrected chi connectivity index (χ3v) is 6.37. The van der Waals surface area contributed by atoms with E-state index in [2.05, 4.69) is 74.2 Å². The quantitative estimate of drug-likeness (QED) is 0.307. The lowest BCUT2D eigenvalue weighted by Gasteiger charge is -2.28. The van der Waals surface area contributed by atoms with Gasteiger partial charge in [-0.25, -0.2) is 0 Å². The molecule has 1 aliphatic carbocycles. The first-order valence-electron chi connectivity index (χ1n) is 12.1. The van der Waals surface area contributed by atoms with Gasteiger partial charge in [0.15, 0.2) is 0 Å². The fraction of sp³-hybridized carbons (Fsp3) is 0.517. The first-order valence-corrected chi connectivity index (χ1v) is 12.1. The van der Waals surface area contributed by atoms with Crippen LogP contribution >= 0.6 is 0 Å². The largest absolute Gasteiger partial charge is 0.493 e. The third-order valence-electron chi connectivity index (χ3n) is 6.37. The van der Waals surface area contributed by atoms with Crippen molar-refractivity contribution in [1.82, 2.24) is 0 Å². The maximum Gasteiger partial charge on any atom is 0.119 e. The second kappa shape index (κ2) is 12.5. The smallest absolute Gasteiger partial charge is 0.119 e. The zero-order chi connectivity index (χ0) is 21.0. The van der Waals surface area contributed by atoms with Crippen LogP contribution in [0.4, 0.5) is 0 Å². The standard InChI is InChI=1S/C29H38O/c1-3-5-6-8-25-15-17-28(18-16-25)23-30-29-21-19-27(20-22-29)14-13-26-11-9-24(7-4-2)10-12-26/h9-12,19-22,25,28H,3-8,15-18,23H2,1-2H3. The summed E-state index contributed by atoms with van der Waals surface area (Å²) in [6.07, 6.45) is 13.4. The Morgan fingerprint density at radius 1 is 0.733 bits per heavy atom. The number of hydrogen-bond acceptors (Lipinski definition) is 1.